The molecule has 0 aromatic carbocycles. The van der Waals surface area contributed by atoms with Crippen molar-refractivity contribution in [2.75, 3.05) is 13.2 Å². The van der Waals surface area contributed by atoms with Crippen molar-refractivity contribution in [3.05, 3.63) is 0 Å². The summed E-state index contributed by atoms with van der Waals surface area (Å²) >= 11 is 0. The molecule has 2 saturated heterocycles. The Hall–Kier alpha value is -0.850. The van der Waals surface area contributed by atoms with Crippen molar-refractivity contribution in [3.63, 3.8) is 0 Å². The molecule has 0 spiro atoms. The molecule has 0 aromatic heterocycles. The Balaban J connectivity index is 2.09. The zero-order valence-electron chi connectivity index (χ0n) is 6.84. The van der Waals surface area contributed by atoms with E-state index in [0.29, 0.717) is 0 Å². The first-order chi connectivity index (χ1) is 6.18. The van der Waals surface area contributed by atoms with Gasteiger partial charge in [-0.1, -0.05) is 0 Å². The van der Waals surface area contributed by atoms with Crippen LogP contribution >= 0.6 is 0 Å². The Morgan fingerprint density at radius 2 is 2.00 bits per heavy atom. The molecule has 2 fully saturated rings. The van der Waals surface area contributed by atoms with E-state index in [2.05, 4.69) is 10.1 Å². The first-order valence-electron chi connectivity index (χ1n) is 4.10. The van der Waals surface area contributed by atoms with Crippen molar-refractivity contribution in [3.8, 4) is 0 Å². The predicted molar refractivity (Wildman–Crippen MR) is 40.0 cm³/mol. The summed E-state index contributed by atoms with van der Waals surface area (Å²) in [7, 11) is 0. The first-order valence-corrected chi connectivity index (χ1v) is 4.10. The molecule has 6 heteroatoms. The summed E-state index contributed by atoms with van der Waals surface area (Å²) in [5, 5.41) is 21.2. The van der Waals surface area contributed by atoms with Crippen LogP contribution in [0, 0.1) is 0 Å². The Kier molecular flexibility index (Phi) is 2.10. The number of alkyl carbamates (subject to hydrolysis) is 1. The lowest BCUT2D eigenvalue weighted by Crippen LogP contribution is -2.39. The number of rotatable bonds is 0. The van der Waals surface area contributed by atoms with Crippen molar-refractivity contribution in [1.29, 1.82) is 0 Å². The van der Waals surface area contributed by atoms with Gasteiger partial charge < -0.3 is 25.0 Å². The van der Waals surface area contributed by atoms with Gasteiger partial charge in [-0.3, -0.25) is 0 Å². The maximum Gasteiger partial charge on any atom is 0.407 e. The molecular formula is C7H11NO5. The Morgan fingerprint density at radius 1 is 1.31 bits per heavy atom. The van der Waals surface area contributed by atoms with Crippen LogP contribution in [0.5, 0.6) is 0 Å². The fourth-order valence-corrected chi connectivity index (χ4v) is 1.52. The number of hydrogen-bond donors (Lipinski definition) is 3. The number of aliphatic hydroxyl groups excluding tert-OH is 2. The van der Waals surface area contributed by atoms with Crippen LogP contribution in [0.3, 0.4) is 0 Å². The number of carbonyl (C=O) groups excluding carboxylic acids is 1. The van der Waals surface area contributed by atoms with Crippen molar-refractivity contribution < 1.29 is 24.5 Å². The number of nitrogens with one attached hydrogen (secondary N) is 1. The third-order valence-electron chi connectivity index (χ3n) is 2.29. The van der Waals surface area contributed by atoms with E-state index in [0.717, 1.165) is 0 Å². The van der Waals surface area contributed by atoms with Crippen molar-refractivity contribution in [2.24, 2.45) is 0 Å². The van der Waals surface area contributed by atoms with E-state index in [1.54, 1.807) is 0 Å². The molecule has 2 rings (SSSR count). The number of amides is 1. The summed E-state index contributed by atoms with van der Waals surface area (Å²) in [6, 6.07) is 0. The Bertz CT molecular complexity index is 201. The van der Waals surface area contributed by atoms with Crippen LogP contribution in [-0.4, -0.2) is 53.9 Å². The average molecular weight is 189 g/mol. The van der Waals surface area contributed by atoms with Crippen molar-refractivity contribution in [1.82, 2.24) is 5.32 Å². The minimum Gasteiger partial charge on any atom is -0.447 e. The van der Waals surface area contributed by atoms with E-state index in [9.17, 15) is 15.0 Å². The predicted octanol–water partition coefficient (Wildman–Crippen LogP) is -1.78. The summed E-state index contributed by atoms with van der Waals surface area (Å²) in [5.41, 5.74) is 0. The second-order valence-electron chi connectivity index (χ2n) is 3.17. The van der Waals surface area contributed by atoms with Crippen LogP contribution in [0.15, 0.2) is 0 Å². The normalized spacial score (nSPS) is 44.6. The fraction of sp³-hybridized carbons (Fsp3) is 0.857. The number of ether oxygens (including phenoxy) is 2. The molecule has 1 amide bonds. The second kappa shape index (κ2) is 3.13. The van der Waals surface area contributed by atoms with Crippen molar-refractivity contribution in [2.45, 2.75) is 24.4 Å². The van der Waals surface area contributed by atoms with E-state index in [4.69, 9.17) is 4.74 Å². The van der Waals surface area contributed by atoms with E-state index in [1.807, 2.05) is 0 Å². The van der Waals surface area contributed by atoms with Gasteiger partial charge in [0.15, 0.2) is 0 Å². The minimum absolute atomic E-state index is 0.0272. The van der Waals surface area contributed by atoms with Gasteiger partial charge in [-0.25, -0.2) is 4.79 Å². The Labute approximate surface area is 74.4 Å². The minimum atomic E-state index is -0.974. The summed E-state index contributed by atoms with van der Waals surface area (Å²) < 4.78 is 9.92. The quantitative estimate of drug-likeness (QED) is 0.419. The van der Waals surface area contributed by atoms with Crippen LogP contribution in [0.25, 0.3) is 0 Å². The molecule has 0 aromatic rings. The van der Waals surface area contributed by atoms with Gasteiger partial charge in [0.25, 0.3) is 0 Å². The van der Waals surface area contributed by atoms with Gasteiger partial charge in [0.1, 0.15) is 31.0 Å². The lowest BCUT2D eigenvalue weighted by molar-refractivity contribution is -0.0358. The maximum absolute atomic E-state index is 10.8. The monoisotopic (exact) mass is 189 g/mol. The van der Waals surface area contributed by atoms with E-state index in [1.165, 1.54) is 0 Å². The fourth-order valence-electron chi connectivity index (χ4n) is 1.52. The van der Waals surface area contributed by atoms with E-state index in [-0.39, 0.29) is 13.2 Å². The number of hydrogen-bond acceptors (Lipinski definition) is 5. The van der Waals surface area contributed by atoms with Crippen LogP contribution in [0.2, 0.25) is 0 Å². The van der Waals surface area contributed by atoms with Gasteiger partial charge in [-0.05, 0) is 0 Å². The molecule has 0 unspecified atom stereocenters. The highest BCUT2D eigenvalue weighted by Crippen LogP contribution is 2.22. The molecule has 74 valence electrons. The molecule has 0 saturated carbocycles. The highest BCUT2D eigenvalue weighted by molar-refractivity contribution is 5.67. The zero-order valence-corrected chi connectivity index (χ0v) is 6.84. The zero-order chi connectivity index (χ0) is 9.42. The number of fused-ring (bicyclic) bond motifs is 2. The van der Waals surface area contributed by atoms with Crippen LogP contribution in [0.1, 0.15) is 0 Å². The third kappa shape index (κ3) is 1.48. The smallest absolute Gasteiger partial charge is 0.407 e. The summed E-state index contributed by atoms with van der Waals surface area (Å²) in [6.07, 6.45) is -3.61. The van der Waals surface area contributed by atoms with E-state index < -0.39 is 30.5 Å². The molecule has 2 bridgehead atoms. The van der Waals surface area contributed by atoms with Gasteiger partial charge in [0.05, 0.1) is 0 Å². The maximum atomic E-state index is 10.8. The van der Waals surface area contributed by atoms with Crippen LogP contribution in [0.4, 0.5) is 4.79 Å². The van der Waals surface area contributed by atoms with Gasteiger partial charge in [0.2, 0.25) is 0 Å². The molecule has 2 aliphatic heterocycles. The molecular weight excluding hydrogens is 178 g/mol. The second-order valence-corrected chi connectivity index (χ2v) is 3.17. The molecule has 3 N–H and O–H groups in total. The number of cyclic esters (lactones) is 1. The van der Waals surface area contributed by atoms with Gasteiger partial charge in [0, 0.05) is 6.54 Å². The molecule has 13 heavy (non-hydrogen) atoms. The number of carbonyl (C=O) groups is 1. The molecule has 2 aliphatic rings. The van der Waals surface area contributed by atoms with Gasteiger partial charge in [-0.2, -0.15) is 0 Å². The summed E-state index contributed by atoms with van der Waals surface area (Å²) in [4.78, 5) is 10.8. The molecule has 4 atom stereocenters. The SMILES string of the molecule is O=C1NC[C@@H]2O[C@H](CO1)[C@H](O)[C@@H]2O. The Morgan fingerprint density at radius 3 is 2.77 bits per heavy atom. The van der Waals surface area contributed by atoms with Gasteiger partial charge in [-0.15, -0.1) is 0 Å². The highest BCUT2D eigenvalue weighted by Gasteiger charge is 2.44. The topological polar surface area (TPSA) is 88.0 Å². The summed E-state index contributed by atoms with van der Waals surface area (Å²) in [5.74, 6) is 0. The standard InChI is InChI=1S/C7H11NO5/c9-5-3-1-8-7(11)12-2-4(13-3)6(5)10/h3-6,9-10H,1-2H2,(H,8,11)/t3-,4+,5+,6-/m0/s1. The number of aliphatic hydroxyl groups is 2. The first kappa shape index (κ1) is 8.74. The van der Waals surface area contributed by atoms with E-state index >= 15 is 0 Å². The van der Waals surface area contributed by atoms with Crippen LogP contribution < -0.4 is 5.32 Å². The van der Waals surface area contributed by atoms with Crippen LogP contribution in [-0.2, 0) is 9.47 Å². The molecule has 0 aliphatic carbocycles. The van der Waals surface area contributed by atoms with Gasteiger partial charge >= 0.3 is 6.09 Å². The molecule has 2 heterocycles. The highest BCUT2D eigenvalue weighted by atomic mass is 16.6. The lowest BCUT2D eigenvalue weighted by Gasteiger charge is -2.18. The van der Waals surface area contributed by atoms with Crippen molar-refractivity contribution >= 4 is 6.09 Å². The lowest BCUT2D eigenvalue weighted by atomic mass is 10.1. The molecule has 0 radical (unpaired) electrons. The third-order valence-corrected chi connectivity index (χ3v) is 2.29. The average Bonchev–Trinajstić information content (AvgIpc) is 2.37. The molecule has 6 nitrogen and oxygen atoms in total. The largest absolute Gasteiger partial charge is 0.447 e. The summed E-state index contributed by atoms with van der Waals surface area (Å²) in [6.45, 7) is 0.133.